The molecule has 1 saturated carbocycles. The number of benzene rings is 1. The van der Waals surface area contributed by atoms with Crippen LogP contribution in [0.4, 0.5) is 4.79 Å². The molecule has 0 saturated heterocycles. The number of amides is 1. The van der Waals surface area contributed by atoms with Gasteiger partial charge in [-0.15, -0.1) is 0 Å². The van der Waals surface area contributed by atoms with E-state index in [2.05, 4.69) is 10.1 Å². The number of carbonyl (C=O) groups excluding carboxylic acids is 3. The van der Waals surface area contributed by atoms with Gasteiger partial charge < -0.3 is 20.5 Å². The molecule has 1 aromatic rings. The van der Waals surface area contributed by atoms with Crippen LogP contribution in [0.25, 0.3) is 0 Å². The Kier molecular flexibility index (Phi) is 8.41. The van der Waals surface area contributed by atoms with Crippen LogP contribution in [0.15, 0.2) is 24.3 Å². The smallest absolute Gasteiger partial charge is 0.407 e. The third-order valence-corrected chi connectivity index (χ3v) is 5.35. The van der Waals surface area contributed by atoms with Gasteiger partial charge in [0.15, 0.2) is 5.78 Å². The topological polar surface area (TPSA) is 108 Å². The maximum absolute atomic E-state index is 12.8. The zero-order valence-electron chi connectivity index (χ0n) is 18.4. The highest BCUT2D eigenvalue weighted by molar-refractivity contribution is 5.97. The lowest BCUT2D eigenvalue weighted by Gasteiger charge is -2.28. The van der Waals surface area contributed by atoms with E-state index >= 15 is 0 Å². The lowest BCUT2D eigenvalue weighted by atomic mass is 9.78. The van der Waals surface area contributed by atoms with Crippen LogP contribution in [0.3, 0.4) is 0 Å². The van der Waals surface area contributed by atoms with Crippen LogP contribution in [0, 0.1) is 11.8 Å². The third kappa shape index (κ3) is 7.44. The minimum absolute atomic E-state index is 0.00551. The van der Waals surface area contributed by atoms with Crippen molar-refractivity contribution in [1.82, 2.24) is 5.32 Å². The molecule has 1 unspecified atom stereocenters. The third-order valence-electron chi connectivity index (χ3n) is 5.35. The van der Waals surface area contributed by atoms with Gasteiger partial charge in [-0.3, -0.25) is 9.59 Å². The van der Waals surface area contributed by atoms with Gasteiger partial charge in [0.1, 0.15) is 11.6 Å². The second-order valence-corrected chi connectivity index (χ2v) is 9.00. The first-order chi connectivity index (χ1) is 14.1. The first-order valence-corrected chi connectivity index (χ1v) is 10.5. The fraction of sp³-hybridized carbons (Fsp3) is 0.609. The first-order valence-electron chi connectivity index (χ1n) is 10.5. The average Bonchev–Trinajstić information content (AvgIpc) is 2.70. The normalized spacial score (nSPS) is 20.2. The van der Waals surface area contributed by atoms with Crippen molar-refractivity contribution in [2.24, 2.45) is 17.6 Å². The number of esters is 1. The molecule has 30 heavy (non-hydrogen) atoms. The molecule has 1 amide bonds. The molecule has 166 valence electrons. The molecule has 0 radical (unpaired) electrons. The number of ketones is 1. The zero-order valence-corrected chi connectivity index (χ0v) is 18.4. The molecule has 0 bridgehead atoms. The van der Waals surface area contributed by atoms with E-state index in [1.54, 1.807) is 12.1 Å². The van der Waals surface area contributed by atoms with Gasteiger partial charge in [-0.25, -0.2) is 4.79 Å². The summed E-state index contributed by atoms with van der Waals surface area (Å²) >= 11 is 0. The van der Waals surface area contributed by atoms with Crippen LogP contribution < -0.4 is 11.1 Å². The van der Waals surface area contributed by atoms with Crippen LogP contribution in [0.2, 0.25) is 0 Å². The molecule has 1 aliphatic carbocycles. The molecule has 0 aromatic heterocycles. The Bertz CT molecular complexity index is 731. The fourth-order valence-corrected chi connectivity index (χ4v) is 3.70. The zero-order chi connectivity index (χ0) is 22.3. The van der Waals surface area contributed by atoms with E-state index < -0.39 is 23.7 Å². The van der Waals surface area contributed by atoms with Gasteiger partial charge in [0.25, 0.3) is 0 Å². The van der Waals surface area contributed by atoms with Gasteiger partial charge in [-0.2, -0.15) is 0 Å². The quantitative estimate of drug-likeness (QED) is 0.520. The second kappa shape index (κ2) is 10.6. The van der Waals surface area contributed by atoms with Crippen molar-refractivity contribution < 1.29 is 23.9 Å². The van der Waals surface area contributed by atoms with Crippen molar-refractivity contribution >= 4 is 17.8 Å². The summed E-state index contributed by atoms with van der Waals surface area (Å²) in [5.74, 6) is 0.0696. The minimum atomic E-state index is -0.707. The van der Waals surface area contributed by atoms with Gasteiger partial charge in [-0.05, 0) is 64.4 Å². The summed E-state index contributed by atoms with van der Waals surface area (Å²) in [6.45, 7) is 6.08. The molecule has 0 spiro atoms. The van der Waals surface area contributed by atoms with E-state index in [4.69, 9.17) is 10.5 Å². The molecule has 2 rings (SSSR count). The van der Waals surface area contributed by atoms with Crippen LogP contribution in [0.1, 0.15) is 62.4 Å². The number of rotatable bonds is 7. The molecule has 7 nitrogen and oxygen atoms in total. The maximum atomic E-state index is 12.8. The SMILES string of the molecule is COC(=O)C(N)Cc1ccc(C(=O)C2CCC(CNC(=O)OC(C)(C)C)CC2)cc1. The average molecular weight is 419 g/mol. The Hall–Kier alpha value is -2.41. The Balaban J connectivity index is 1.79. The van der Waals surface area contributed by atoms with Gasteiger partial charge >= 0.3 is 12.1 Å². The molecule has 1 fully saturated rings. The number of carbonyl (C=O) groups is 3. The molecule has 1 atom stereocenters. The van der Waals surface area contributed by atoms with Crippen molar-refractivity contribution in [3.05, 3.63) is 35.4 Å². The van der Waals surface area contributed by atoms with Crippen LogP contribution in [0.5, 0.6) is 0 Å². The van der Waals surface area contributed by atoms with Crippen LogP contribution in [-0.4, -0.2) is 43.1 Å². The number of ether oxygens (including phenoxy) is 2. The number of nitrogens with one attached hydrogen (secondary N) is 1. The highest BCUT2D eigenvalue weighted by Gasteiger charge is 2.27. The second-order valence-electron chi connectivity index (χ2n) is 9.00. The number of hydrogen-bond acceptors (Lipinski definition) is 6. The van der Waals surface area contributed by atoms with Gasteiger partial charge in [0.05, 0.1) is 7.11 Å². The van der Waals surface area contributed by atoms with Crippen molar-refractivity contribution in [3.63, 3.8) is 0 Å². The number of methoxy groups -OCH3 is 1. The maximum Gasteiger partial charge on any atom is 0.407 e. The van der Waals surface area contributed by atoms with E-state index in [1.165, 1.54) is 7.11 Å². The number of alkyl carbamates (subject to hydrolysis) is 1. The van der Waals surface area contributed by atoms with Crippen molar-refractivity contribution in [3.8, 4) is 0 Å². The summed E-state index contributed by atoms with van der Waals surface area (Å²) in [5.41, 5.74) is 6.85. The van der Waals surface area contributed by atoms with E-state index in [0.717, 1.165) is 31.2 Å². The lowest BCUT2D eigenvalue weighted by Crippen LogP contribution is -2.36. The predicted molar refractivity (Wildman–Crippen MR) is 114 cm³/mol. The Morgan fingerprint density at radius 2 is 1.70 bits per heavy atom. The molecule has 1 aliphatic rings. The Labute approximate surface area is 178 Å². The molecule has 0 heterocycles. The van der Waals surface area contributed by atoms with Crippen LogP contribution >= 0.6 is 0 Å². The van der Waals surface area contributed by atoms with E-state index in [9.17, 15) is 14.4 Å². The number of hydrogen-bond donors (Lipinski definition) is 2. The van der Waals surface area contributed by atoms with E-state index in [-0.39, 0.29) is 11.7 Å². The fourth-order valence-electron chi connectivity index (χ4n) is 3.70. The number of nitrogens with two attached hydrogens (primary N) is 1. The summed E-state index contributed by atoms with van der Waals surface area (Å²) in [6, 6.07) is 6.58. The standard InChI is InChI=1S/C23H34N2O5/c1-23(2,3)30-22(28)25-14-16-7-11-18(12-8-16)20(26)17-9-5-15(6-10-17)13-19(24)21(27)29-4/h5-6,9-10,16,18-19H,7-8,11-14,24H2,1-4H3,(H,25,28). The molecule has 3 N–H and O–H groups in total. The lowest BCUT2D eigenvalue weighted by molar-refractivity contribution is -0.142. The summed E-state index contributed by atoms with van der Waals surface area (Å²) < 4.78 is 9.90. The highest BCUT2D eigenvalue weighted by atomic mass is 16.6. The van der Waals surface area contributed by atoms with E-state index in [1.807, 2.05) is 32.9 Å². The Morgan fingerprint density at radius 1 is 1.10 bits per heavy atom. The van der Waals surface area contributed by atoms with Gasteiger partial charge in [-0.1, -0.05) is 24.3 Å². The first kappa shape index (κ1) is 23.9. The monoisotopic (exact) mass is 418 g/mol. The predicted octanol–water partition coefficient (Wildman–Crippen LogP) is 3.24. The molecule has 1 aromatic carbocycles. The molecular weight excluding hydrogens is 384 g/mol. The highest BCUT2D eigenvalue weighted by Crippen LogP contribution is 2.31. The van der Waals surface area contributed by atoms with Crippen molar-refractivity contribution in [1.29, 1.82) is 0 Å². The van der Waals surface area contributed by atoms with Crippen molar-refractivity contribution in [2.75, 3.05) is 13.7 Å². The minimum Gasteiger partial charge on any atom is -0.468 e. The Morgan fingerprint density at radius 3 is 2.23 bits per heavy atom. The molecule has 0 aliphatic heterocycles. The van der Waals surface area contributed by atoms with Crippen LogP contribution in [-0.2, 0) is 20.7 Å². The molecular formula is C23H34N2O5. The van der Waals surface area contributed by atoms with Gasteiger partial charge in [0.2, 0.25) is 0 Å². The summed E-state index contributed by atoms with van der Waals surface area (Å²) in [7, 11) is 1.31. The van der Waals surface area contributed by atoms with Gasteiger partial charge in [0, 0.05) is 18.0 Å². The van der Waals surface area contributed by atoms with E-state index in [0.29, 0.717) is 24.4 Å². The summed E-state index contributed by atoms with van der Waals surface area (Å²) in [5, 5.41) is 2.83. The largest absolute Gasteiger partial charge is 0.468 e. The summed E-state index contributed by atoms with van der Waals surface area (Å²) in [6.07, 6.45) is 3.41. The summed E-state index contributed by atoms with van der Waals surface area (Å²) in [4.78, 5) is 36.1. The molecule has 7 heteroatoms. The number of Topliss-reactive ketones (excluding diaryl/α,β-unsaturated/α-hetero) is 1. The van der Waals surface area contributed by atoms with Crippen molar-refractivity contribution in [2.45, 2.75) is 64.5 Å².